The van der Waals surface area contributed by atoms with E-state index in [1.807, 2.05) is 0 Å². The van der Waals surface area contributed by atoms with Gasteiger partial charge in [-0.25, -0.2) is 4.79 Å². The Labute approximate surface area is 98.3 Å². The van der Waals surface area contributed by atoms with Crippen LogP contribution in [0.15, 0.2) is 11.6 Å². The van der Waals surface area contributed by atoms with E-state index in [0.717, 1.165) is 0 Å². The van der Waals surface area contributed by atoms with Gasteiger partial charge in [-0.2, -0.15) is 0 Å². The highest BCUT2D eigenvalue weighted by Crippen LogP contribution is 2.28. The van der Waals surface area contributed by atoms with Crippen molar-refractivity contribution < 1.29 is 19.5 Å². The van der Waals surface area contributed by atoms with Crippen LogP contribution in [-0.4, -0.2) is 40.0 Å². The third-order valence-electron chi connectivity index (χ3n) is 3.22. The van der Waals surface area contributed by atoms with E-state index in [1.165, 1.54) is 4.90 Å². The Hall–Kier alpha value is -1.85. The molecule has 2 rings (SSSR count). The highest BCUT2D eigenvalue weighted by molar-refractivity contribution is 5.97. The van der Waals surface area contributed by atoms with Gasteiger partial charge in [0.25, 0.3) is 0 Å². The number of hydrogen-bond acceptors (Lipinski definition) is 3. The summed E-state index contributed by atoms with van der Waals surface area (Å²) in [6, 6.07) is -0.857. The second-order valence-corrected chi connectivity index (χ2v) is 4.50. The second kappa shape index (κ2) is 3.87. The zero-order valence-electron chi connectivity index (χ0n) is 9.64. The molecule has 6 heteroatoms. The first kappa shape index (κ1) is 11.6. The van der Waals surface area contributed by atoms with Gasteiger partial charge in [-0.15, -0.1) is 0 Å². The van der Waals surface area contributed by atoms with Crippen LogP contribution in [0.1, 0.15) is 20.3 Å². The van der Waals surface area contributed by atoms with Crippen LogP contribution >= 0.6 is 0 Å². The maximum Gasteiger partial charge on any atom is 0.326 e. The first-order chi connectivity index (χ1) is 7.91. The van der Waals surface area contributed by atoms with Crippen molar-refractivity contribution in [1.29, 1.82) is 0 Å². The van der Waals surface area contributed by atoms with Gasteiger partial charge in [-0.05, 0) is 19.4 Å². The number of rotatable bonds is 2. The van der Waals surface area contributed by atoms with Gasteiger partial charge in [-0.1, -0.05) is 6.92 Å². The van der Waals surface area contributed by atoms with E-state index < -0.39 is 18.2 Å². The van der Waals surface area contributed by atoms with Gasteiger partial charge in [-0.3, -0.25) is 9.59 Å². The summed E-state index contributed by atoms with van der Waals surface area (Å²) in [5.41, 5.74) is 0.506. The molecule has 2 heterocycles. The van der Waals surface area contributed by atoms with Crippen molar-refractivity contribution in [3.63, 3.8) is 0 Å². The quantitative estimate of drug-likeness (QED) is 0.692. The zero-order chi connectivity index (χ0) is 12.7. The molecule has 1 fully saturated rings. The van der Waals surface area contributed by atoms with Crippen LogP contribution in [0.5, 0.6) is 0 Å². The summed E-state index contributed by atoms with van der Waals surface area (Å²) in [5, 5.41) is 11.7. The molecule has 0 unspecified atom stereocenters. The lowest BCUT2D eigenvalue weighted by molar-refractivity contribution is -0.148. The summed E-state index contributed by atoms with van der Waals surface area (Å²) in [7, 11) is 0. The summed E-state index contributed by atoms with van der Waals surface area (Å²) in [6.45, 7) is 3.33. The van der Waals surface area contributed by atoms with Crippen molar-refractivity contribution >= 4 is 17.8 Å². The Morgan fingerprint density at radius 2 is 2.18 bits per heavy atom. The molecular weight excluding hydrogens is 224 g/mol. The fourth-order valence-electron chi connectivity index (χ4n) is 2.26. The number of amides is 2. The Morgan fingerprint density at radius 1 is 1.53 bits per heavy atom. The predicted octanol–water partition coefficient (Wildman–Crippen LogP) is -0.290. The number of carbonyl (C=O) groups excluding carboxylic acids is 2. The maximum atomic E-state index is 11.9. The van der Waals surface area contributed by atoms with Gasteiger partial charge in [0, 0.05) is 11.5 Å². The number of likely N-dealkylation sites (tertiary alicyclic amines) is 1. The second-order valence-electron chi connectivity index (χ2n) is 4.50. The van der Waals surface area contributed by atoms with Crippen LogP contribution in [0.2, 0.25) is 0 Å². The molecule has 2 amide bonds. The van der Waals surface area contributed by atoms with E-state index in [0.29, 0.717) is 5.57 Å². The average Bonchev–Trinajstić information content (AvgIpc) is 2.71. The Balaban J connectivity index is 2.27. The van der Waals surface area contributed by atoms with Crippen LogP contribution in [0.4, 0.5) is 0 Å². The molecule has 3 atom stereocenters. The maximum absolute atomic E-state index is 11.9. The molecule has 6 nitrogen and oxygen atoms in total. The number of nitrogens with zero attached hydrogens (tertiary/aromatic N) is 1. The molecular formula is C11H14N2O4. The lowest BCUT2D eigenvalue weighted by atomic mass is 10.1. The van der Waals surface area contributed by atoms with Gasteiger partial charge in [0.05, 0.1) is 0 Å². The number of aliphatic carboxylic acids is 1. The van der Waals surface area contributed by atoms with Crippen LogP contribution in [0, 0.1) is 5.92 Å². The average molecular weight is 238 g/mol. The number of hydrogen-bond donors (Lipinski definition) is 2. The molecule has 0 spiro atoms. The highest BCUT2D eigenvalue weighted by atomic mass is 16.4. The zero-order valence-corrected chi connectivity index (χ0v) is 9.64. The predicted molar refractivity (Wildman–Crippen MR) is 57.7 cm³/mol. The molecule has 2 aliphatic heterocycles. The normalized spacial score (nSPS) is 32.7. The van der Waals surface area contributed by atoms with Crippen molar-refractivity contribution in [2.75, 3.05) is 0 Å². The summed E-state index contributed by atoms with van der Waals surface area (Å²) in [5.74, 6) is -1.84. The van der Waals surface area contributed by atoms with Crippen molar-refractivity contribution in [3.05, 3.63) is 11.6 Å². The summed E-state index contributed by atoms with van der Waals surface area (Å²) in [6.07, 6.45) is 1.25. The van der Waals surface area contributed by atoms with Gasteiger partial charge in [0.2, 0.25) is 11.8 Å². The molecule has 0 aromatic rings. The molecule has 17 heavy (non-hydrogen) atoms. The molecule has 0 radical (unpaired) electrons. The topological polar surface area (TPSA) is 86.7 Å². The number of carboxylic acid groups (broad SMARTS) is 1. The SMILES string of the molecule is CC1=C[C@@H](N2C(=O)[C@H](C)C[C@H]2C(=O)O)NC1=O. The fourth-order valence-corrected chi connectivity index (χ4v) is 2.26. The minimum atomic E-state index is -1.03. The van der Waals surface area contributed by atoms with Crippen molar-refractivity contribution in [2.45, 2.75) is 32.5 Å². The first-order valence-electron chi connectivity index (χ1n) is 5.46. The molecule has 92 valence electrons. The highest BCUT2D eigenvalue weighted by Gasteiger charge is 2.45. The fraction of sp³-hybridized carbons (Fsp3) is 0.545. The smallest absolute Gasteiger partial charge is 0.326 e. The summed E-state index contributed by atoms with van der Waals surface area (Å²) in [4.78, 5) is 35.6. The van der Waals surface area contributed by atoms with E-state index in [-0.39, 0.29) is 24.2 Å². The van der Waals surface area contributed by atoms with Gasteiger partial charge in [0.1, 0.15) is 12.2 Å². The van der Waals surface area contributed by atoms with Crippen molar-refractivity contribution in [3.8, 4) is 0 Å². The van der Waals surface area contributed by atoms with E-state index in [2.05, 4.69) is 5.32 Å². The number of carbonyl (C=O) groups is 3. The minimum absolute atomic E-state index is 0.228. The van der Waals surface area contributed by atoms with Crippen LogP contribution < -0.4 is 5.32 Å². The van der Waals surface area contributed by atoms with E-state index in [4.69, 9.17) is 5.11 Å². The Morgan fingerprint density at radius 3 is 2.65 bits per heavy atom. The van der Waals surface area contributed by atoms with E-state index in [9.17, 15) is 14.4 Å². The molecule has 0 aliphatic carbocycles. The number of carboxylic acids is 1. The molecule has 2 aliphatic rings. The third kappa shape index (κ3) is 1.79. The van der Waals surface area contributed by atoms with E-state index >= 15 is 0 Å². The standard InChI is InChI=1S/C11H14N2O4/c1-5-4-8(12-9(5)14)13-7(11(16)17)3-6(2)10(13)15/h4,6-8H,3H2,1-2H3,(H,12,14)(H,16,17)/t6-,7+,8-/m1/s1. The van der Waals surface area contributed by atoms with Crippen molar-refractivity contribution in [2.24, 2.45) is 5.92 Å². The van der Waals surface area contributed by atoms with Crippen LogP contribution in [0.3, 0.4) is 0 Å². The molecule has 0 aromatic heterocycles. The van der Waals surface area contributed by atoms with Crippen molar-refractivity contribution in [1.82, 2.24) is 10.2 Å². The third-order valence-corrected chi connectivity index (χ3v) is 3.22. The lowest BCUT2D eigenvalue weighted by Crippen LogP contribution is -2.50. The monoisotopic (exact) mass is 238 g/mol. The molecule has 0 saturated carbocycles. The largest absolute Gasteiger partial charge is 0.480 e. The Bertz CT molecular complexity index is 429. The number of nitrogens with one attached hydrogen (secondary N) is 1. The summed E-state index contributed by atoms with van der Waals surface area (Å²) >= 11 is 0. The van der Waals surface area contributed by atoms with Gasteiger partial charge < -0.3 is 15.3 Å². The van der Waals surface area contributed by atoms with Gasteiger partial charge in [0.15, 0.2) is 0 Å². The molecule has 1 saturated heterocycles. The van der Waals surface area contributed by atoms with Crippen LogP contribution in [0.25, 0.3) is 0 Å². The molecule has 0 aromatic carbocycles. The first-order valence-corrected chi connectivity index (χ1v) is 5.46. The minimum Gasteiger partial charge on any atom is -0.480 e. The van der Waals surface area contributed by atoms with Gasteiger partial charge >= 0.3 is 5.97 Å². The lowest BCUT2D eigenvalue weighted by Gasteiger charge is -2.27. The Kier molecular flexibility index (Phi) is 2.65. The molecule has 0 bridgehead atoms. The molecule has 2 N–H and O–H groups in total. The van der Waals surface area contributed by atoms with Crippen LogP contribution in [-0.2, 0) is 14.4 Å². The summed E-state index contributed by atoms with van der Waals surface area (Å²) < 4.78 is 0. The van der Waals surface area contributed by atoms with E-state index in [1.54, 1.807) is 19.9 Å².